The summed E-state index contributed by atoms with van der Waals surface area (Å²) in [5.41, 5.74) is 1.54. The average molecular weight is 363 g/mol. The first-order valence-corrected chi connectivity index (χ1v) is 7.27. The van der Waals surface area contributed by atoms with Gasteiger partial charge in [0.15, 0.2) is 0 Å². The van der Waals surface area contributed by atoms with Crippen LogP contribution in [0.2, 0.25) is 0 Å². The first-order chi connectivity index (χ1) is 9.61. The minimum absolute atomic E-state index is 0. The van der Waals surface area contributed by atoms with Gasteiger partial charge in [-0.15, -0.1) is 36.2 Å². The molecule has 5 nitrogen and oxygen atoms in total. The zero-order chi connectivity index (χ0) is 14.5. The summed E-state index contributed by atoms with van der Waals surface area (Å²) in [7, 11) is 1.87. The summed E-state index contributed by atoms with van der Waals surface area (Å²) in [6.45, 7) is 4.45. The molecule has 22 heavy (non-hydrogen) atoms. The molecule has 0 aromatic carbocycles. The second-order valence-electron chi connectivity index (χ2n) is 4.55. The molecule has 2 rings (SSSR count). The molecule has 0 aliphatic carbocycles. The molecule has 1 amide bonds. The summed E-state index contributed by atoms with van der Waals surface area (Å²) in [4.78, 5) is 21.5. The number of aryl methyl sites for hydroxylation is 1. The van der Waals surface area contributed by atoms with E-state index in [1.807, 2.05) is 39.1 Å². The molecule has 0 aliphatic heterocycles. The smallest absolute Gasteiger partial charge is 0.263 e. The number of nitrogens with zero attached hydrogens (tertiary/aromatic N) is 2. The molecule has 2 aromatic heterocycles. The number of carbonyl (C=O) groups excluding carboxylic acids is 1. The van der Waals surface area contributed by atoms with Crippen LogP contribution in [0.15, 0.2) is 24.4 Å². The highest BCUT2D eigenvalue weighted by atomic mass is 35.5. The zero-order valence-electron chi connectivity index (χ0n) is 12.6. The van der Waals surface area contributed by atoms with Crippen LogP contribution in [-0.4, -0.2) is 35.5 Å². The predicted octanol–water partition coefficient (Wildman–Crippen LogP) is 2.69. The summed E-state index contributed by atoms with van der Waals surface area (Å²) >= 11 is 1.37. The fraction of sp³-hybridized carbons (Fsp3) is 0.357. The Morgan fingerprint density at radius 2 is 2.09 bits per heavy atom. The molecule has 122 valence electrons. The number of nitrogens with one attached hydrogen (secondary N) is 2. The summed E-state index contributed by atoms with van der Waals surface area (Å²) in [5.74, 6) is -0.0794. The first-order valence-electron chi connectivity index (χ1n) is 6.46. The number of hydrogen-bond donors (Lipinski definition) is 2. The summed E-state index contributed by atoms with van der Waals surface area (Å²) in [6.07, 6.45) is 1.72. The van der Waals surface area contributed by atoms with E-state index < -0.39 is 0 Å². The van der Waals surface area contributed by atoms with Gasteiger partial charge in [-0.2, -0.15) is 0 Å². The van der Waals surface area contributed by atoms with Gasteiger partial charge in [0.2, 0.25) is 0 Å². The van der Waals surface area contributed by atoms with E-state index >= 15 is 0 Å². The summed E-state index contributed by atoms with van der Waals surface area (Å²) in [5, 5.41) is 6.76. The third-order valence-electron chi connectivity index (χ3n) is 2.95. The van der Waals surface area contributed by atoms with Crippen LogP contribution in [0.25, 0.3) is 10.7 Å². The van der Waals surface area contributed by atoms with Crippen LogP contribution in [0.1, 0.15) is 22.3 Å². The second-order valence-corrected chi connectivity index (χ2v) is 5.55. The Morgan fingerprint density at radius 1 is 1.36 bits per heavy atom. The number of aromatic nitrogens is 2. The number of hydrogen-bond acceptors (Lipinski definition) is 5. The van der Waals surface area contributed by atoms with Crippen molar-refractivity contribution in [2.75, 3.05) is 13.6 Å². The summed E-state index contributed by atoms with van der Waals surface area (Å²) in [6, 6.07) is 5.90. The van der Waals surface area contributed by atoms with Gasteiger partial charge in [0, 0.05) is 18.8 Å². The van der Waals surface area contributed by atoms with Gasteiger partial charge in [-0.1, -0.05) is 6.07 Å². The molecule has 0 aliphatic rings. The Labute approximate surface area is 146 Å². The van der Waals surface area contributed by atoms with E-state index in [4.69, 9.17) is 0 Å². The van der Waals surface area contributed by atoms with Gasteiger partial charge in [-0.05, 0) is 33.0 Å². The Bertz CT molecular complexity index is 592. The molecule has 2 N–H and O–H groups in total. The molecule has 8 heteroatoms. The molecular formula is C14H20Cl2N4OS. The SMILES string of the molecule is CNC(C)CNC(=O)c1sc(-c2ccccn2)nc1C.Cl.Cl. The predicted molar refractivity (Wildman–Crippen MR) is 95.4 cm³/mol. The number of carbonyl (C=O) groups is 1. The number of halogens is 2. The van der Waals surface area contributed by atoms with Crippen molar-refractivity contribution in [2.45, 2.75) is 19.9 Å². The van der Waals surface area contributed by atoms with Gasteiger partial charge in [-0.3, -0.25) is 9.78 Å². The molecule has 0 bridgehead atoms. The molecule has 1 unspecified atom stereocenters. The Kier molecular flexibility index (Phi) is 9.20. The lowest BCUT2D eigenvalue weighted by molar-refractivity contribution is 0.0954. The molecule has 0 fully saturated rings. The van der Waals surface area contributed by atoms with Crippen molar-refractivity contribution in [1.82, 2.24) is 20.6 Å². The fourth-order valence-corrected chi connectivity index (χ4v) is 2.59. The number of pyridine rings is 1. The number of thiazole rings is 1. The van der Waals surface area contributed by atoms with Gasteiger partial charge in [0.05, 0.1) is 11.4 Å². The lowest BCUT2D eigenvalue weighted by atomic mass is 10.3. The van der Waals surface area contributed by atoms with Crippen molar-refractivity contribution >= 4 is 42.1 Å². The second kappa shape index (κ2) is 9.74. The minimum atomic E-state index is -0.0794. The Morgan fingerprint density at radius 3 is 2.68 bits per heavy atom. The van der Waals surface area contributed by atoms with Crippen molar-refractivity contribution in [3.8, 4) is 10.7 Å². The number of amides is 1. The van der Waals surface area contributed by atoms with E-state index in [-0.39, 0.29) is 36.8 Å². The van der Waals surface area contributed by atoms with Crippen molar-refractivity contribution in [2.24, 2.45) is 0 Å². The zero-order valence-corrected chi connectivity index (χ0v) is 15.1. The summed E-state index contributed by atoms with van der Waals surface area (Å²) < 4.78 is 0. The third-order valence-corrected chi connectivity index (χ3v) is 4.13. The quantitative estimate of drug-likeness (QED) is 0.857. The molecular weight excluding hydrogens is 343 g/mol. The van der Waals surface area contributed by atoms with Crippen molar-refractivity contribution in [1.29, 1.82) is 0 Å². The van der Waals surface area contributed by atoms with Gasteiger partial charge < -0.3 is 10.6 Å². The molecule has 0 saturated carbocycles. The largest absolute Gasteiger partial charge is 0.350 e. The molecule has 2 aromatic rings. The highest BCUT2D eigenvalue weighted by molar-refractivity contribution is 7.17. The van der Waals surface area contributed by atoms with Crippen LogP contribution in [-0.2, 0) is 0 Å². The lowest BCUT2D eigenvalue weighted by Gasteiger charge is -2.10. The Hall–Kier alpha value is -1.21. The van der Waals surface area contributed by atoms with Gasteiger partial charge in [0.25, 0.3) is 5.91 Å². The molecule has 0 radical (unpaired) electrons. The van der Waals surface area contributed by atoms with Crippen LogP contribution in [0.5, 0.6) is 0 Å². The lowest BCUT2D eigenvalue weighted by Crippen LogP contribution is -2.37. The molecule has 2 heterocycles. The standard InChI is InChI=1S/C14H18N4OS.2ClH/c1-9(15-3)8-17-13(19)12-10(2)18-14(20-12)11-6-4-5-7-16-11;;/h4-7,9,15H,8H2,1-3H3,(H,17,19);2*1H. The maximum atomic E-state index is 12.1. The molecule has 0 saturated heterocycles. The van der Waals surface area contributed by atoms with Crippen molar-refractivity contribution in [3.05, 3.63) is 35.0 Å². The van der Waals surface area contributed by atoms with Crippen molar-refractivity contribution < 1.29 is 4.79 Å². The monoisotopic (exact) mass is 362 g/mol. The molecule has 1 atom stereocenters. The maximum Gasteiger partial charge on any atom is 0.263 e. The van der Waals surface area contributed by atoms with Crippen LogP contribution < -0.4 is 10.6 Å². The van der Waals surface area contributed by atoms with Gasteiger partial charge in [0.1, 0.15) is 9.88 Å². The van der Waals surface area contributed by atoms with Crippen LogP contribution in [0, 0.1) is 6.92 Å². The average Bonchev–Trinajstić information content (AvgIpc) is 2.87. The van der Waals surface area contributed by atoms with E-state index in [0.717, 1.165) is 16.4 Å². The van der Waals surface area contributed by atoms with Crippen LogP contribution >= 0.6 is 36.2 Å². The third kappa shape index (κ3) is 5.21. The topological polar surface area (TPSA) is 66.9 Å². The van der Waals surface area contributed by atoms with E-state index in [0.29, 0.717) is 11.4 Å². The van der Waals surface area contributed by atoms with Crippen LogP contribution in [0.3, 0.4) is 0 Å². The van der Waals surface area contributed by atoms with Gasteiger partial charge in [-0.25, -0.2) is 4.98 Å². The Balaban J connectivity index is 0.00000220. The van der Waals surface area contributed by atoms with E-state index in [2.05, 4.69) is 20.6 Å². The molecule has 0 spiro atoms. The van der Waals surface area contributed by atoms with E-state index in [1.54, 1.807) is 6.20 Å². The van der Waals surface area contributed by atoms with Crippen LogP contribution in [0.4, 0.5) is 0 Å². The highest BCUT2D eigenvalue weighted by Crippen LogP contribution is 2.26. The fourth-order valence-electron chi connectivity index (χ4n) is 1.63. The van der Waals surface area contributed by atoms with E-state index in [1.165, 1.54) is 11.3 Å². The normalized spacial score (nSPS) is 11.0. The van der Waals surface area contributed by atoms with Gasteiger partial charge >= 0.3 is 0 Å². The van der Waals surface area contributed by atoms with E-state index in [9.17, 15) is 4.79 Å². The highest BCUT2D eigenvalue weighted by Gasteiger charge is 2.16. The maximum absolute atomic E-state index is 12.1. The number of rotatable bonds is 5. The number of likely N-dealkylation sites (N-methyl/N-ethyl adjacent to an activating group) is 1. The van der Waals surface area contributed by atoms with Crippen molar-refractivity contribution in [3.63, 3.8) is 0 Å². The first kappa shape index (κ1) is 20.8. The minimum Gasteiger partial charge on any atom is -0.350 e.